The Morgan fingerprint density at radius 2 is 1.73 bits per heavy atom. The van der Waals surface area contributed by atoms with Gasteiger partial charge in [0.25, 0.3) is 5.91 Å². The van der Waals surface area contributed by atoms with Crippen molar-refractivity contribution in [1.29, 1.82) is 0 Å². The molecule has 3 rings (SSSR count). The zero-order chi connectivity index (χ0) is 19.6. The predicted molar refractivity (Wildman–Crippen MR) is 105 cm³/mol. The molecule has 0 spiro atoms. The normalized spacial score (nSPS) is 11.8. The van der Waals surface area contributed by atoms with Crippen molar-refractivity contribution in [2.45, 2.75) is 6.92 Å². The molecule has 1 atom stereocenters. The van der Waals surface area contributed by atoms with Crippen molar-refractivity contribution in [3.63, 3.8) is 0 Å². The van der Waals surface area contributed by atoms with E-state index in [-0.39, 0.29) is 16.4 Å². The molecule has 9 heteroatoms. The first-order valence-electron chi connectivity index (χ1n) is 7.44. The minimum absolute atomic E-state index is 0.0370. The van der Waals surface area contributed by atoms with Gasteiger partial charge in [-0.2, -0.15) is 4.99 Å². The maximum atomic E-state index is 12.1. The minimum Gasteiger partial charge on any atom is -0.748 e. The summed E-state index contributed by atoms with van der Waals surface area (Å²) in [4.78, 5) is 15.7. The molecule has 1 unspecified atom stereocenters. The van der Waals surface area contributed by atoms with E-state index in [2.05, 4.69) is 29.4 Å². The molecule has 0 saturated heterocycles. The number of rotatable bonds is 1. The third-order valence-electron chi connectivity index (χ3n) is 3.57. The Kier molecular flexibility index (Phi) is 5.65. The number of thiophene rings is 1. The van der Waals surface area contributed by atoms with E-state index in [0.29, 0.717) is 11.8 Å². The van der Waals surface area contributed by atoms with E-state index in [1.165, 1.54) is 14.8 Å². The van der Waals surface area contributed by atoms with Crippen molar-refractivity contribution in [2.75, 3.05) is 6.26 Å². The van der Waals surface area contributed by atoms with Gasteiger partial charge >= 0.3 is 0 Å². The third kappa shape index (κ3) is 4.57. The monoisotopic (exact) mass is 393 g/mol. The van der Waals surface area contributed by atoms with Gasteiger partial charge in [0.15, 0.2) is 15.4 Å². The number of nitrogens with zero attached hydrogens (tertiary/aromatic N) is 1. The van der Waals surface area contributed by atoms with E-state index in [0.717, 1.165) is 10.9 Å². The average molecular weight is 393 g/mol. The second-order valence-electron chi connectivity index (χ2n) is 5.72. The van der Waals surface area contributed by atoms with Crippen molar-refractivity contribution in [3.8, 4) is 0 Å². The van der Waals surface area contributed by atoms with Gasteiger partial charge in [-0.15, -0.1) is 0 Å². The molecule has 0 aliphatic rings. The SMILES string of the molecule is CS(=O)(=O)[O-].Cc1cc(C(=O)N=C(N)N)cc2c3ccccc3[s+](C)c12. The second-order valence-corrected chi connectivity index (χ2v) is 9.00. The summed E-state index contributed by atoms with van der Waals surface area (Å²) in [7, 11) is -3.88. The molecule has 138 valence electrons. The molecule has 1 amide bonds. The van der Waals surface area contributed by atoms with Gasteiger partial charge < -0.3 is 16.0 Å². The van der Waals surface area contributed by atoms with E-state index in [1.807, 2.05) is 25.1 Å². The summed E-state index contributed by atoms with van der Waals surface area (Å²) in [6.07, 6.45) is 2.82. The van der Waals surface area contributed by atoms with Crippen molar-refractivity contribution >= 4 is 52.6 Å². The van der Waals surface area contributed by atoms with Crippen LogP contribution in [0.2, 0.25) is 0 Å². The summed E-state index contributed by atoms with van der Waals surface area (Å²) in [6.45, 7) is 2.03. The summed E-state index contributed by atoms with van der Waals surface area (Å²) < 4.78 is 29.9. The lowest BCUT2D eigenvalue weighted by Crippen LogP contribution is -2.24. The van der Waals surface area contributed by atoms with Crippen LogP contribution in [0.1, 0.15) is 15.9 Å². The van der Waals surface area contributed by atoms with E-state index >= 15 is 0 Å². The zero-order valence-electron chi connectivity index (χ0n) is 14.5. The van der Waals surface area contributed by atoms with E-state index in [1.54, 1.807) is 0 Å². The van der Waals surface area contributed by atoms with Crippen LogP contribution in [0.5, 0.6) is 0 Å². The maximum absolute atomic E-state index is 12.1. The number of aliphatic imine (C=N–C) groups is 1. The number of carbonyl (C=O) groups excluding carboxylic acids is 1. The summed E-state index contributed by atoms with van der Waals surface area (Å²) in [6, 6.07) is 12.1. The van der Waals surface area contributed by atoms with Crippen LogP contribution in [0, 0.1) is 6.92 Å². The number of hydrogen-bond donors (Lipinski definition) is 2. The summed E-state index contributed by atoms with van der Waals surface area (Å²) in [5, 5.41) is 2.31. The van der Waals surface area contributed by atoms with Crippen LogP contribution < -0.4 is 11.5 Å². The van der Waals surface area contributed by atoms with Gasteiger partial charge in [0.05, 0.1) is 10.1 Å². The van der Waals surface area contributed by atoms with Gasteiger partial charge in [-0.05, 0) is 41.7 Å². The summed E-state index contributed by atoms with van der Waals surface area (Å²) in [5.74, 6) is -0.616. The molecule has 1 heterocycles. The van der Waals surface area contributed by atoms with E-state index in [4.69, 9.17) is 24.4 Å². The molecule has 0 aliphatic carbocycles. The number of aryl methyl sites for hydroxylation is 2. The number of carbonyl (C=O) groups is 1. The lowest BCUT2D eigenvalue weighted by molar-refractivity contribution is 0.100. The second kappa shape index (κ2) is 7.40. The number of fused-ring (bicyclic) bond motifs is 3. The molecule has 7 nitrogen and oxygen atoms in total. The molecule has 0 bridgehead atoms. The highest BCUT2D eigenvalue weighted by Crippen LogP contribution is 2.42. The first kappa shape index (κ1) is 19.8. The smallest absolute Gasteiger partial charge is 0.280 e. The van der Waals surface area contributed by atoms with Crippen LogP contribution in [0.3, 0.4) is 0 Å². The van der Waals surface area contributed by atoms with Gasteiger partial charge in [-0.25, -0.2) is 8.42 Å². The van der Waals surface area contributed by atoms with E-state index < -0.39 is 16.0 Å². The highest BCUT2D eigenvalue weighted by molar-refractivity contribution is 7.84. The molecule has 4 N–H and O–H groups in total. The molecule has 2 aromatic carbocycles. The van der Waals surface area contributed by atoms with Gasteiger partial charge in [0.1, 0.15) is 6.26 Å². The standard InChI is InChI=1S/C16H15N3OS.CH4O3S/c1-9-7-10(15(20)19-16(17)18)8-12-11-5-3-4-6-13(11)21(2)14(9)12;1-5(2,3)4/h3-8H,1-2H3,(H3-,17,18,19,20);1H3,(H,2,3,4). The molecular formula is C17H19N3O4S2. The Hall–Kier alpha value is -2.49. The van der Waals surface area contributed by atoms with Crippen LogP contribution in [0.25, 0.3) is 20.2 Å². The van der Waals surface area contributed by atoms with Crippen molar-refractivity contribution in [1.82, 2.24) is 0 Å². The van der Waals surface area contributed by atoms with Crippen LogP contribution in [-0.4, -0.2) is 31.1 Å². The van der Waals surface area contributed by atoms with Gasteiger partial charge in [0.2, 0.25) is 0 Å². The zero-order valence-corrected chi connectivity index (χ0v) is 16.1. The third-order valence-corrected chi connectivity index (χ3v) is 5.74. The quantitative estimate of drug-likeness (QED) is 0.281. The first-order valence-corrected chi connectivity index (χ1v) is 10.9. The Balaban J connectivity index is 0.000000431. The van der Waals surface area contributed by atoms with Crippen LogP contribution in [0.15, 0.2) is 41.4 Å². The lowest BCUT2D eigenvalue weighted by Gasteiger charge is -1.99. The summed E-state index contributed by atoms with van der Waals surface area (Å²) in [5.41, 5.74) is 12.2. The van der Waals surface area contributed by atoms with Crippen LogP contribution in [-0.2, 0) is 16.4 Å². The predicted octanol–water partition coefficient (Wildman–Crippen LogP) is 2.16. The molecule has 0 saturated carbocycles. The van der Waals surface area contributed by atoms with Gasteiger partial charge in [0, 0.05) is 28.2 Å². The molecule has 3 aromatic rings. The van der Waals surface area contributed by atoms with Gasteiger partial charge in [-0.3, -0.25) is 4.79 Å². The molecular weight excluding hydrogens is 374 g/mol. The number of benzene rings is 2. The number of nitrogens with two attached hydrogens (primary N) is 2. The molecule has 1 aromatic heterocycles. The molecule has 0 radical (unpaired) electrons. The number of amides is 1. The Morgan fingerprint density at radius 1 is 1.15 bits per heavy atom. The highest BCUT2D eigenvalue weighted by atomic mass is 32.2. The molecule has 0 aliphatic heterocycles. The largest absolute Gasteiger partial charge is 0.748 e. The molecule has 26 heavy (non-hydrogen) atoms. The first-order chi connectivity index (χ1) is 12.0. The number of hydrogen-bond acceptors (Lipinski definition) is 4. The fourth-order valence-electron chi connectivity index (χ4n) is 2.75. The average Bonchev–Trinajstić information content (AvgIpc) is 2.79. The molecule has 0 fully saturated rings. The highest BCUT2D eigenvalue weighted by Gasteiger charge is 2.21. The fourth-order valence-corrected chi connectivity index (χ4v) is 4.80. The maximum Gasteiger partial charge on any atom is 0.280 e. The fraction of sp³-hybridized carbons (Fsp3) is 0.176. The van der Waals surface area contributed by atoms with Crippen molar-refractivity contribution in [2.24, 2.45) is 22.7 Å². The van der Waals surface area contributed by atoms with E-state index in [9.17, 15) is 4.79 Å². The Bertz CT molecular complexity index is 1120. The summed E-state index contributed by atoms with van der Waals surface area (Å²) >= 11 is 0. The van der Waals surface area contributed by atoms with Gasteiger partial charge in [-0.1, -0.05) is 12.1 Å². The van der Waals surface area contributed by atoms with Crippen LogP contribution in [0.4, 0.5) is 0 Å². The van der Waals surface area contributed by atoms with Crippen molar-refractivity contribution < 1.29 is 17.8 Å². The Labute approximate surface area is 154 Å². The topological polar surface area (TPSA) is 139 Å². The Morgan fingerprint density at radius 3 is 2.31 bits per heavy atom. The van der Waals surface area contributed by atoms with Crippen molar-refractivity contribution in [3.05, 3.63) is 47.5 Å². The van der Waals surface area contributed by atoms with Crippen LogP contribution >= 0.6 is 10.5 Å². The number of guanidine groups is 1. The minimum atomic E-state index is -3.92. The lowest BCUT2D eigenvalue weighted by atomic mass is 10.1.